The minimum Gasteiger partial charge on any atom is -0.486 e. The number of nitrogens with zero attached hydrogens (tertiary/aromatic N) is 2. The van der Waals surface area contributed by atoms with Gasteiger partial charge < -0.3 is 4.74 Å². The van der Waals surface area contributed by atoms with E-state index in [1.807, 2.05) is 36.4 Å². The van der Waals surface area contributed by atoms with Crippen molar-refractivity contribution < 1.29 is 13.9 Å². The van der Waals surface area contributed by atoms with Crippen molar-refractivity contribution >= 4 is 23.1 Å². The average Bonchev–Trinajstić information content (AvgIpc) is 3.23. The third-order valence-electron chi connectivity index (χ3n) is 4.37. The summed E-state index contributed by atoms with van der Waals surface area (Å²) in [5, 5.41) is 5.74. The van der Waals surface area contributed by atoms with Crippen molar-refractivity contribution in [2.24, 2.45) is 5.10 Å². The molecule has 4 nitrogen and oxygen atoms in total. The summed E-state index contributed by atoms with van der Waals surface area (Å²) < 4.78 is 19.8. The van der Waals surface area contributed by atoms with Crippen LogP contribution in [0.2, 0.25) is 0 Å². The minimum atomic E-state index is -0.322. The van der Waals surface area contributed by atoms with Gasteiger partial charge in [0.25, 0.3) is 5.91 Å². The largest absolute Gasteiger partial charge is 0.486 e. The van der Waals surface area contributed by atoms with Gasteiger partial charge in [0.1, 0.15) is 17.7 Å². The van der Waals surface area contributed by atoms with Crippen LogP contribution in [-0.2, 0) is 9.53 Å². The Balaban J connectivity index is 1.53. The molecule has 2 aromatic carbocycles. The Morgan fingerprint density at radius 3 is 2.65 bits per heavy atom. The van der Waals surface area contributed by atoms with Gasteiger partial charge in [-0.1, -0.05) is 30.3 Å². The lowest BCUT2D eigenvalue weighted by Gasteiger charge is -2.13. The van der Waals surface area contributed by atoms with E-state index in [2.05, 4.69) is 5.10 Å². The van der Waals surface area contributed by atoms with Gasteiger partial charge in [0.05, 0.1) is 22.5 Å². The van der Waals surface area contributed by atoms with Crippen molar-refractivity contribution in [1.29, 1.82) is 0 Å². The number of halogens is 1. The summed E-state index contributed by atoms with van der Waals surface area (Å²) in [4.78, 5) is 12.7. The van der Waals surface area contributed by atoms with Crippen molar-refractivity contribution in [1.82, 2.24) is 0 Å². The molecule has 130 valence electrons. The molecule has 4 rings (SSSR count). The Bertz CT molecular complexity index is 947. The fourth-order valence-corrected chi connectivity index (χ4v) is 3.06. The topological polar surface area (TPSA) is 41.9 Å². The molecule has 0 radical (unpaired) electrons. The Morgan fingerprint density at radius 2 is 1.88 bits per heavy atom. The number of carbonyl (C=O) groups excluding carboxylic acids is 1. The molecule has 1 atom stereocenters. The Morgan fingerprint density at radius 1 is 1.15 bits per heavy atom. The molecule has 0 saturated carbocycles. The van der Waals surface area contributed by atoms with Crippen LogP contribution in [0.25, 0.3) is 5.76 Å². The molecule has 0 aromatic heterocycles. The number of amides is 1. The lowest BCUT2D eigenvalue weighted by atomic mass is 10.1. The zero-order valence-corrected chi connectivity index (χ0v) is 14.2. The van der Waals surface area contributed by atoms with E-state index in [1.165, 1.54) is 11.1 Å². The lowest BCUT2D eigenvalue weighted by Crippen LogP contribution is -2.22. The molecule has 5 heteroatoms. The van der Waals surface area contributed by atoms with Gasteiger partial charge in [-0.3, -0.25) is 4.79 Å². The van der Waals surface area contributed by atoms with E-state index in [4.69, 9.17) is 4.74 Å². The molecule has 1 amide bonds. The first-order chi connectivity index (χ1) is 12.6. The second kappa shape index (κ2) is 6.59. The molecule has 2 aromatic rings. The monoisotopic (exact) mass is 348 g/mol. The number of carbonyl (C=O) groups is 1. The van der Waals surface area contributed by atoms with Crippen molar-refractivity contribution in [2.75, 3.05) is 5.01 Å². The molecule has 2 aliphatic heterocycles. The molecular formula is C21H17FN2O2. The molecule has 0 aliphatic carbocycles. The van der Waals surface area contributed by atoms with Crippen LogP contribution in [0.5, 0.6) is 0 Å². The average molecular weight is 348 g/mol. The van der Waals surface area contributed by atoms with E-state index < -0.39 is 0 Å². The van der Waals surface area contributed by atoms with Gasteiger partial charge in [0, 0.05) is 6.42 Å². The predicted octanol–water partition coefficient (Wildman–Crippen LogP) is 4.30. The van der Waals surface area contributed by atoms with Crippen LogP contribution in [0.1, 0.15) is 18.9 Å². The van der Waals surface area contributed by atoms with E-state index in [0.29, 0.717) is 29.0 Å². The quantitative estimate of drug-likeness (QED) is 0.776. The summed E-state index contributed by atoms with van der Waals surface area (Å²) in [7, 11) is 0. The van der Waals surface area contributed by atoms with E-state index in [1.54, 1.807) is 31.2 Å². The molecule has 2 heterocycles. The zero-order chi connectivity index (χ0) is 18.1. The van der Waals surface area contributed by atoms with Crippen LogP contribution >= 0.6 is 0 Å². The van der Waals surface area contributed by atoms with Crippen molar-refractivity contribution in [3.8, 4) is 0 Å². The van der Waals surface area contributed by atoms with E-state index in [0.717, 1.165) is 5.69 Å². The van der Waals surface area contributed by atoms with Crippen molar-refractivity contribution in [3.63, 3.8) is 0 Å². The fourth-order valence-electron chi connectivity index (χ4n) is 3.06. The highest BCUT2D eigenvalue weighted by molar-refractivity contribution is 6.29. The Hall–Kier alpha value is -3.21. The standard InChI is InChI=1S/C21H17FN2O2/c1-14-18(21(25)24(23-14)15-7-3-2-4-8-15)13-16-11-12-20(26-16)17-9-5-6-10-19(17)22/h2-10,12-13,16H,11H2,1H3/b18-13-. The molecule has 0 saturated heterocycles. The normalized spacial score (nSPS) is 21.0. The summed E-state index contributed by atoms with van der Waals surface area (Å²) in [5.74, 6) is -0.00136. The number of hydrazone groups is 1. The first-order valence-electron chi connectivity index (χ1n) is 8.42. The van der Waals surface area contributed by atoms with Gasteiger partial charge in [0.15, 0.2) is 0 Å². The summed E-state index contributed by atoms with van der Waals surface area (Å²) in [6.07, 6.45) is 3.89. The highest BCUT2D eigenvalue weighted by atomic mass is 19.1. The smallest absolute Gasteiger partial charge is 0.280 e. The third kappa shape index (κ3) is 2.92. The lowest BCUT2D eigenvalue weighted by molar-refractivity contribution is -0.114. The summed E-state index contributed by atoms with van der Waals surface area (Å²) >= 11 is 0. The molecule has 2 aliphatic rings. The molecular weight excluding hydrogens is 331 g/mol. The maximum atomic E-state index is 13.9. The number of hydrogen-bond acceptors (Lipinski definition) is 3. The van der Waals surface area contributed by atoms with E-state index >= 15 is 0 Å². The second-order valence-electron chi connectivity index (χ2n) is 6.16. The van der Waals surface area contributed by atoms with Gasteiger partial charge in [-0.05, 0) is 43.3 Å². The highest BCUT2D eigenvalue weighted by Gasteiger charge is 2.30. The predicted molar refractivity (Wildman–Crippen MR) is 99.0 cm³/mol. The van der Waals surface area contributed by atoms with Crippen LogP contribution < -0.4 is 5.01 Å². The van der Waals surface area contributed by atoms with Crippen molar-refractivity contribution in [3.05, 3.63) is 83.7 Å². The van der Waals surface area contributed by atoms with Crippen LogP contribution in [0.4, 0.5) is 10.1 Å². The van der Waals surface area contributed by atoms with Crippen LogP contribution in [0, 0.1) is 5.82 Å². The summed E-state index contributed by atoms with van der Waals surface area (Å²) in [5.41, 5.74) is 2.31. The second-order valence-corrected chi connectivity index (χ2v) is 6.16. The van der Waals surface area contributed by atoms with Gasteiger partial charge in [0.2, 0.25) is 0 Å². The van der Waals surface area contributed by atoms with Crippen LogP contribution in [0.3, 0.4) is 0 Å². The van der Waals surface area contributed by atoms with Gasteiger partial charge in [-0.25, -0.2) is 4.39 Å². The number of rotatable bonds is 3. The summed E-state index contributed by atoms with van der Waals surface area (Å²) in [6, 6.07) is 15.8. The number of para-hydroxylation sites is 1. The molecule has 0 spiro atoms. The Labute approximate surface area is 150 Å². The Kier molecular flexibility index (Phi) is 4.13. The molecule has 0 N–H and O–H groups in total. The summed E-state index contributed by atoms with van der Waals surface area (Å²) in [6.45, 7) is 1.80. The number of anilines is 1. The van der Waals surface area contributed by atoms with Crippen molar-refractivity contribution in [2.45, 2.75) is 19.4 Å². The van der Waals surface area contributed by atoms with E-state index in [-0.39, 0.29) is 17.8 Å². The molecule has 0 fully saturated rings. The molecule has 26 heavy (non-hydrogen) atoms. The maximum absolute atomic E-state index is 13.9. The molecule has 0 bridgehead atoms. The first kappa shape index (κ1) is 16.3. The van der Waals surface area contributed by atoms with Gasteiger partial charge in [-0.15, -0.1) is 0 Å². The maximum Gasteiger partial charge on any atom is 0.280 e. The highest BCUT2D eigenvalue weighted by Crippen LogP contribution is 2.30. The van der Waals surface area contributed by atoms with Gasteiger partial charge >= 0.3 is 0 Å². The number of ether oxygens (including phenoxy) is 1. The minimum absolute atomic E-state index is 0.184. The molecule has 1 unspecified atom stereocenters. The van der Waals surface area contributed by atoms with E-state index in [9.17, 15) is 9.18 Å². The first-order valence-corrected chi connectivity index (χ1v) is 8.42. The van der Waals surface area contributed by atoms with Crippen LogP contribution in [0.15, 0.2) is 77.4 Å². The van der Waals surface area contributed by atoms with Gasteiger partial charge in [-0.2, -0.15) is 10.1 Å². The number of hydrogen-bond donors (Lipinski definition) is 0. The SMILES string of the molecule is CC1=NN(c2ccccc2)C(=O)/C1=C\C1CC=C(c2ccccc2F)O1. The van der Waals surface area contributed by atoms with Crippen LogP contribution in [-0.4, -0.2) is 17.7 Å². The fraction of sp³-hybridized carbons (Fsp3) is 0.143. The number of benzene rings is 2. The zero-order valence-electron chi connectivity index (χ0n) is 14.2. The third-order valence-corrected chi connectivity index (χ3v) is 4.37.